The fraction of sp³-hybridized carbons (Fsp3) is 0.125. The summed E-state index contributed by atoms with van der Waals surface area (Å²) in [5, 5.41) is 8.31. The number of aliphatic hydroxyl groups excluding tert-OH is 1. The molecule has 1 unspecified atom stereocenters. The molecule has 1 aromatic rings. The van der Waals surface area contributed by atoms with Crippen LogP contribution in [-0.4, -0.2) is 36.3 Å². The first-order chi connectivity index (χ1) is 7.03. The molecule has 0 fully saturated rings. The van der Waals surface area contributed by atoms with Gasteiger partial charge in [-0.2, -0.15) is 0 Å². The second kappa shape index (κ2) is 5.02. The molecule has 0 aromatic heterocycles. The van der Waals surface area contributed by atoms with Crippen molar-refractivity contribution in [3.63, 3.8) is 0 Å². The zero-order valence-corrected chi connectivity index (χ0v) is 9.45. The van der Waals surface area contributed by atoms with Crippen LogP contribution >= 0.6 is 0 Å². The Morgan fingerprint density at radius 3 is 2.47 bits per heavy atom. The summed E-state index contributed by atoms with van der Waals surface area (Å²) in [7, 11) is 0. The zero-order chi connectivity index (χ0) is 11.3. The zero-order valence-electron chi connectivity index (χ0n) is 7.57. The molecule has 7 heteroatoms. The van der Waals surface area contributed by atoms with Gasteiger partial charge in [-0.05, 0) is 0 Å². The Morgan fingerprint density at radius 2 is 1.93 bits per heavy atom. The van der Waals surface area contributed by atoms with E-state index in [4.69, 9.17) is 9.20 Å². The third-order valence-electron chi connectivity index (χ3n) is 1.31. The first-order valence-electron chi connectivity index (χ1n) is 3.94. The van der Waals surface area contributed by atoms with Gasteiger partial charge in [-0.1, -0.05) is 0 Å². The molecule has 1 aromatic carbocycles. The molecule has 1 atom stereocenters. The van der Waals surface area contributed by atoms with E-state index in [0.717, 1.165) is 0 Å². The molecule has 0 bridgehead atoms. The van der Waals surface area contributed by atoms with E-state index in [9.17, 15) is 8.53 Å². The van der Waals surface area contributed by atoms with Crippen LogP contribution in [0.3, 0.4) is 0 Å². The van der Waals surface area contributed by atoms with Crippen molar-refractivity contribution in [3.05, 3.63) is 30.3 Å². The van der Waals surface area contributed by atoms with Crippen LogP contribution < -0.4 is 3.73 Å². The molecule has 0 radical (unpaired) electrons. The average molecular weight is 276 g/mol. The van der Waals surface area contributed by atoms with Gasteiger partial charge < -0.3 is 0 Å². The minimum absolute atomic E-state index is 0.119. The van der Waals surface area contributed by atoms with Crippen molar-refractivity contribution in [1.82, 2.24) is 0 Å². The van der Waals surface area contributed by atoms with E-state index in [1.54, 1.807) is 18.2 Å². The number of rotatable bonds is 4. The standard InChI is InChI=1S/C8H9AsO6/c10-6-8(11)15-9(12,13)14-7-4-2-1-3-5-7/h1-5,10H,6H2,(H,12,13). The summed E-state index contributed by atoms with van der Waals surface area (Å²) >= 11 is -5.13. The predicted molar refractivity (Wildman–Crippen MR) is 48.9 cm³/mol. The second-order valence-corrected chi connectivity index (χ2v) is 5.23. The van der Waals surface area contributed by atoms with E-state index in [0.29, 0.717) is 0 Å². The average Bonchev–Trinajstić information content (AvgIpc) is 2.17. The van der Waals surface area contributed by atoms with Gasteiger partial charge in [-0.15, -0.1) is 0 Å². The van der Waals surface area contributed by atoms with Crippen molar-refractivity contribution in [2.75, 3.05) is 6.61 Å². The summed E-state index contributed by atoms with van der Waals surface area (Å²) in [5.74, 6) is -1.08. The van der Waals surface area contributed by atoms with Gasteiger partial charge in [0, 0.05) is 0 Å². The van der Waals surface area contributed by atoms with Crippen molar-refractivity contribution in [1.29, 1.82) is 0 Å². The Morgan fingerprint density at radius 1 is 1.33 bits per heavy atom. The molecule has 2 N–H and O–H groups in total. The molecule has 0 amide bonds. The van der Waals surface area contributed by atoms with E-state index in [2.05, 4.69) is 7.45 Å². The maximum absolute atomic E-state index is 11.2. The van der Waals surface area contributed by atoms with E-state index in [1.165, 1.54) is 12.1 Å². The van der Waals surface area contributed by atoms with E-state index >= 15 is 0 Å². The number of hydrogen-bond acceptors (Lipinski definition) is 5. The fourth-order valence-corrected chi connectivity index (χ4v) is 2.34. The molecule has 0 saturated carbocycles. The molecular formula is C8H9AsO6. The number of hydrogen-bond donors (Lipinski definition) is 2. The van der Waals surface area contributed by atoms with Crippen molar-refractivity contribution in [3.8, 4) is 5.75 Å². The Bertz CT molecular complexity index is 376. The SMILES string of the molecule is O=C(CO)O[As](=O)(O)Oc1ccccc1. The third kappa shape index (κ3) is 4.20. The van der Waals surface area contributed by atoms with Gasteiger partial charge in [0.05, 0.1) is 0 Å². The number of aliphatic hydroxyl groups is 1. The van der Waals surface area contributed by atoms with Crippen LogP contribution in [0.4, 0.5) is 0 Å². The van der Waals surface area contributed by atoms with Crippen molar-refractivity contribution in [2.45, 2.75) is 0 Å². The van der Waals surface area contributed by atoms with Crippen LogP contribution in [0.5, 0.6) is 5.75 Å². The fourth-order valence-electron chi connectivity index (χ4n) is 0.791. The summed E-state index contributed by atoms with van der Waals surface area (Å²) < 4.78 is 28.9. The molecule has 6 nitrogen and oxygen atoms in total. The van der Waals surface area contributed by atoms with Crippen LogP contribution in [0.1, 0.15) is 0 Å². The number of para-hydroxylation sites is 1. The van der Waals surface area contributed by atoms with Gasteiger partial charge >= 0.3 is 88.4 Å². The van der Waals surface area contributed by atoms with Gasteiger partial charge in [0.15, 0.2) is 0 Å². The Labute approximate surface area is 88.8 Å². The molecule has 1 rings (SSSR count). The maximum atomic E-state index is 11.2. The minimum atomic E-state index is -5.13. The first-order valence-corrected chi connectivity index (χ1v) is 7.08. The molecular weight excluding hydrogens is 267 g/mol. The normalized spacial score (nSPS) is 14.0. The number of carbonyl (C=O) groups excluding carboxylic acids is 1. The van der Waals surface area contributed by atoms with Crippen LogP contribution in [-0.2, 0) is 12.3 Å². The third-order valence-corrected chi connectivity index (χ3v) is 3.15. The van der Waals surface area contributed by atoms with Gasteiger partial charge in [0.25, 0.3) is 0 Å². The Kier molecular flexibility index (Phi) is 3.96. The monoisotopic (exact) mass is 276 g/mol. The van der Waals surface area contributed by atoms with Crippen LogP contribution in [0, 0.1) is 0 Å². The molecule has 0 aliphatic heterocycles. The summed E-state index contributed by atoms with van der Waals surface area (Å²) in [6.45, 7) is -0.968. The second-order valence-electron chi connectivity index (χ2n) is 2.49. The topological polar surface area (TPSA) is 93.1 Å². The predicted octanol–water partition coefficient (Wildman–Crippen LogP) is -0.541. The van der Waals surface area contributed by atoms with E-state index in [1.807, 2.05) is 0 Å². The van der Waals surface area contributed by atoms with Gasteiger partial charge in [0.1, 0.15) is 0 Å². The molecule has 15 heavy (non-hydrogen) atoms. The Balaban J connectivity index is 2.65. The summed E-state index contributed by atoms with van der Waals surface area (Å²) in [6, 6.07) is 7.77. The summed E-state index contributed by atoms with van der Waals surface area (Å²) in [4.78, 5) is 10.5. The first kappa shape index (κ1) is 11.8. The summed E-state index contributed by atoms with van der Waals surface area (Å²) in [6.07, 6.45) is 0. The Hall–Kier alpha value is -1.23. The van der Waals surface area contributed by atoms with E-state index in [-0.39, 0.29) is 5.75 Å². The van der Waals surface area contributed by atoms with Crippen molar-refractivity contribution >= 4 is 20.5 Å². The summed E-state index contributed by atoms with van der Waals surface area (Å²) in [5.41, 5.74) is 0. The van der Waals surface area contributed by atoms with Crippen LogP contribution in [0.2, 0.25) is 0 Å². The van der Waals surface area contributed by atoms with Crippen LogP contribution in [0.15, 0.2) is 30.3 Å². The van der Waals surface area contributed by atoms with Gasteiger partial charge in [-0.3, -0.25) is 0 Å². The number of benzene rings is 1. The van der Waals surface area contributed by atoms with Crippen molar-refractivity contribution in [2.24, 2.45) is 0 Å². The molecule has 0 saturated heterocycles. The van der Waals surface area contributed by atoms with Crippen molar-refractivity contribution < 1.29 is 25.2 Å². The molecule has 0 heterocycles. The van der Waals surface area contributed by atoms with Gasteiger partial charge in [-0.25, -0.2) is 0 Å². The van der Waals surface area contributed by atoms with Gasteiger partial charge in [0.2, 0.25) is 0 Å². The quantitative estimate of drug-likeness (QED) is 0.717. The molecule has 0 spiro atoms. The number of carbonyl (C=O) groups is 1. The molecule has 0 aliphatic carbocycles. The molecule has 0 aliphatic rings. The van der Waals surface area contributed by atoms with Crippen LogP contribution in [0.25, 0.3) is 0 Å². The van der Waals surface area contributed by atoms with E-state index < -0.39 is 27.1 Å². The molecule has 82 valence electrons.